The van der Waals surface area contributed by atoms with E-state index in [1.165, 1.54) is 16.7 Å². The maximum absolute atomic E-state index is 8.99. The lowest BCUT2D eigenvalue weighted by atomic mass is 9.86. The van der Waals surface area contributed by atoms with Crippen LogP contribution in [0.25, 0.3) is 0 Å². The summed E-state index contributed by atoms with van der Waals surface area (Å²) in [5, 5.41) is 18.1. The minimum absolute atomic E-state index is 0.0398. The lowest BCUT2D eigenvalue weighted by molar-refractivity contribution is 0.216. The molecule has 4 nitrogen and oxygen atoms in total. The maximum Gasteiger partial charge on any atom is 0.0985 e. The molecule has 2 atom stereocenters. The van der Waals surface area contributed by atoms with Crippen molar-refractivity contribution in [1.82, 2.24) is 15.1 Å². The van der Waals surface area contributed by atoms with E-state index in [1.807, 2.05) is 47.4 Å². The molecule has 1 aromatic heterocycles. The summed E-state index contributed by atoms with van der Waals surface area (Å²) in [6, 6.07) is 22.6. The second kappa shape index (κ2) is 12.4. The van der Waals surface area contributed by atoms with Gasteiger partial charge in [-0.15, -0.1) is 0 Å². The Morgan fingerprint density at radius 3 is 2.51 bits per heavy atom. The molecule has 0 aliphatic carbocycles. The van der Waals surface area contributed by atoms with E-state index < -0.39 is 0 Å². The van der Waals surface area contributed by atoms with Gasteiger partial charge in [0.2, 0.25) is 0 Å². The van der Waals surface area contributed by atoms with Crippen LogP contribution in [0.15, 0.2) is 109 Å². The van der Waals surface area contributed by atoms with Crippen molar-refractivity contribution in [1.29, 1.82) is 5.26 Å². The second-order valence-corrected chi connectivity index (χ2v) is 9.73. The normalized spacial score (nSPS) is 14.0. The van der Waals surface area contributed by atoms with Crippen LogP contribution in [0.3, 0.4) is 0 Å². The number of halogens is 1. The molecule has 0 amide bonds. The van der Waals surface area contributed by atoms with Crippen molar-refractivity contribution in [3.8, 4) is 6.07 Å². The first-order valence-corrected chi connectivity index (χ1v) is 12.2. The summed E-state index contributed by atoms with van der Waals surface area (Å²) < 4.78 is 2.02. The SMILES string of the molecule is C=C(C#N)/C=C\C=C(/C)[C@@H](CNC(c1ccccc1)C(C)(C)n1cccn1)Cc1ccc(Cl)cc1. The topological polar surface area (TPSA) is 53.6 Å². The fraction of sp³-hybridized carbons (Fsp3) is 0.267. The molecule has 3 rings (SSSR count). The summed E-state index contributed by atoms with van der Waals surface area (Å²) in [4.78, 5) is 0. The van der Waals surface area contributed by atoms with Crippen LogP contribution in [-0.4, -0.2) is 16.3 Å². The molecule has 0 saturated carbocycles. The van der Waals surface area contributed by atoms with Crippen LogP contribution in [0.2, 0.25) is 5.02 Å². The molecular formula is C30H33ClN4. The second-order valence-electron chi connectivity index (χ2n) is 9.29. The molecule has 0 aliphatic rings. The fourth-order valence-electron chi connectivity index (χ4n) is 4.21. The molecule has 1 heterocycles. The molecule has 5 heteroatoms. The first kappa shape index (κ1) is 26.2. The van der Waals surface area contributed by atoms with Gasteiger partial charge in [-0.05, 0) is 68.5 Å². The number of rotatable bonds is 11. The van der Waals surface area contributed by atoms with E-state index in [-0.39, 0.29) is 17.5 Å². The third-order valence-electron chi connectivity index (χ3n) is 6.34. The van der Waals surface area contributed by atoms with E-state index in [4.69, 9.17) is 16.9 Å². The zero-order chi connectivity index (χ0) is 25.3. The van der Waals surface area contributed by atoms with Crippen LogP contribution in [0.1, 0.15) is 37.9 Å². The van der Waals surface area contributed by atoms with Gasteiger partial charge < -0.3 is 5.32 Å². The van der Waals surface area contributed by atoms with Gasteiger partial charge in [0, 0.05) is 29.5 Å². The third-order valence-corrected chi connectivity index (χ3v) is 6.59. The molecule has 2 aromatic carbocycles. The van der Waals surface area contributed by atoms with Crippen LogP contribution in [0.5, 0.6) is 0 Å². The summed E-state index contributed by atoms with van der Waals surface area (Å²) in [6.07, 6.45) is 10.4. The Morgan fingerprint density at radius 2 is 1.89 bits per heavy atom. The molecule has 180 valence electrons. The van der Waals surface area contributed by atoms with Gasteiger partial charge in [-0.2, -0.15) is 10.4 Å². The van der Waals surface area contributed by atoms with Gasteiger partial charge in [-0.25, -0.2) is 0 Å². The highest BCUT2D eigenvalue weighted by molar-refractivity contribution is 6.30. The van der Waals surface area contributed by atoms with Crippen LogP contribution < -0.4 is 5.32 Å². The molecule has 0 bridgehead atoms. The molecule has 0 fully saturated rings. The Hall–Kier alpha value is -3.39. The van der Waals surface area contributed by atoms with Crippen molar-refractivity contribution < 1.29 is 0 Å². The van der Waals surface area contributed by atoms with Gasteiger partial charge in [-0.3, -0.25) is 4.68 Å². The zero-order valence-electron chi connectivity index (χ0n) is 20.7. The third kappa shape index (κ3) is 7.29. The summed E-state index contributed by atoms with van der Waals surface area (Å²) in [5.74, 6) is 0.232. The van der Waals surface area contributed by atoms with E-state index in [9.17, 15) is 0 Å². The monoisotopic (exact) mass is 484 g/mol. The molecule has 1 N–H and O–H groups in total. The molecule has 35 heavy (non-hydrogen) atoms. The number of nitrogens with one attached hydrogen (secondary N) is 1. The average molecular weight is 485 g/mol. The number of hydrogen-bond acceptors (Lipinski definition) is 3. The van der Waals surface area contributed by atoms with Crippen molar-refractivity contribution in [3.05, 3.63) is 125 Å². The van der Waals surface area contributed by atoms with Gasteiger partial charge in [0.05, 0.1) is 17.6 Å². The number of allylic oxidation sites excluding steroid dienone is 4. The number of benzene rings is 2. The summed E-state index contributed by atoms with van der Waals surface area (Å²) >= 11 is 6.12. The first-order chi connectivity index (χ1) is 16.8. The van der Waals surface area contributed by atoms with Crippen molar-refractivity contribution in [3.63, 3.8) is 0 Å². The van der Waals surface area contributed by atoms with Gasteiger partial charge in [0.25, 0.3) is 0 Å². The van der Waals surface area contributed by atoms with Crippen LogP contribution in [0, 0.1) is 17.2 Å². The van der Waals surface area contributed by atoms with E-state index in [0.717, 1.165) is 18.0 Å². The van der Waals surface area contributed by atoms with E-state index >= 15 is 0 Å². The average Bonchev–Trinajstić information content (AvgIpc) is 3.41. The van der Waals surface area contributed by atoms with E-state index in [1.54, 1.807) is 6.08 Å². The number of nitrogens with zero attached hydrogens (tertiary/aromatic N) is 3. The zero-order valence-corrected chi connectivity index (χ0v) is 21.4. The standard InChI is InChI=1S/C30H33ClN4/c1-23(21-32)10-8-11-24(2)27(20-25-14-16-28(31)17-15-25)22-33-29(26-12-6-5-7-13-26)30(3,4)35-19-9-18-34-35/h5-19,27,29,33H,1,20,22H2,2-4H3/b10-8-,24-11+/t27-,29?/m1/s1. The highest BCUT2D eigenvalue weighted by Crippen LogP contribution is 2.32. The summed E-state index contributed by atoms with van der Waals surface area (Å²) in [6.45, 7) is 11.0. The molecule has 0 aliphatic heterocycles. The van der Waals surface area contributed by atoms with Gasteiger partial charge in [0.15, 0.2) is 0 Å². The maximum atomic E-state index is 8.99. The summed E-state index contributed by atoms with van der Waals surface area (Å²) in [7, 11) is 0. The van der Waals surface area contributed by atoms with Crippen LogP contribution >= 0.6 is 11.6 Å². The van der Waals surface area contributed by atoms with Crippen molar-refractivity contribution in [2.24, 2.45) is 5.92 Å². The lowest BCUT2D eigenvalue weighted by Crippen LogP contribution is -2.44. The number of hydrogen-bond donors (Lipinski definition) is 1. The first-order valence-electron chi connectivity index (χ1n) is 11.8. The smallest absolute Gasteiger partial charge is 0.0985 e. The quantitative estimate of drug-likeness (QED) is 0.234. The predicted molar refractivity (Wildman–Crippen MR) is 145 cm³/mol. The largest absolute Gasteiger partial charge is 0.307 e. The Kier molecular flexibility index (Phi) is 9.25. The number of aromatic nitrogens is 2. The highest BCUT2D eigenvalue weighted by Gasteiger charge is 2.33. The van der Waals surface area contributed by atoms with E-state index in [2.05, 4.69) is 86.3 Å². The Labute approximate surface area is 214 Å². The van der Waals surface area contributed by atoms with Crippen molar-refractivity contribution in [2.45, 2.75) is 38.8 Å². The fourth-order valence-corrected chi connectivity index (χ4v) is 4.34. The Morgan fingerprint density at radius 1 is 1.17 bits per heavy atom. The van der Waals surface area contributed by atoms with Crippen molar-refractivity contribution >= 4 is 11.6 Å². The molecule has 1 unspecified atom stereocenters. The molecule has 3 aromatic rings. The Balaban J connectivity index is 1.89. The predicted octanol–water partition coefficient (Wildman–Crippen LogP) is 7.04. The number of nitriles is 1. The minimum atomic E-state index is -0.294. The molecule has 0 spiro atoms. The lowest BCUT2D eigenvalue weighted by Gasteiger charge is -2.37. The minimum Gasteiger partial charge on any atom is -0.307 e. The van der Waals surface area contributed by atoms with Gasteiger partial charge >= 0.3 is 0 Å². The van der Waals surface area contributed by atoms with E-state index in [0.29, 0.717) is 5.57 Å². The van der Waals surface area contributed by atoms with Crippen LogP contribution in [-0.2, 0) is 12.0 Å². The molecule has 0 radical (unpaired) electrons. The van der Waals surface area contributed by atoms with Crippen molar-refractivity contribution in [2.75, 3.05) is 6.54 Å². The van der Waals surface area contributed by atoms with Crippen LogP contribution in [0.4, 0.5) is 0 Å². The van der Waals surface area contributed by atoms with Gasteiger partial charge in [0.1, 0.15) is 0 Å². The molecule has 0 saturated heterocycles. The molecular weight excluding hydrogens is 452 g/mol. The van der Waals surface area contributed by atoms with Gasteiger partial charge in [-0.1, -0.05) is 78.4 Å². The summed E-state index contributed by atoms with van der Waals surface area (Å²) in [5.41, 5.74) is 3.80. The highest BCUT2D eigenvalue weighted by atomic mass is 35.5. The Bertz CT molecular complexity index is 1180.